The van der Waals surface area contributed by atoms with Gasteiger partial charge in [-0.3, -0.25) is 0 Å². The van der Waals surface area contributed by atoms with Crippen molar-refractivity contribution in [2.75, 3.05) is 0 Å². The number of aromatic nitrogens is 1. The van der Waals surface area contributed by atoms with Crippen LogP contribution in [0.1, 0.15) is 36.5 Å². The van der Waals surface area contributed by atoms with Crippen LogP contribution in [0.5, 0.6) is 11.6 Å². The minimum atomic E-state index is 0.423. The summed E-state index contributed by atoms with van der Waals surface area (Å²) in [5.41, 5.74) is 9.16. The summed E-state index contributed by atoms with van der Waals surface area (Å²) in [5, 5.41) is 0. The summed E-state index contributed by atoms with van der Waals surface area (Å²) >= 11 is 0. The van der Waals surface area contributed by atoms with Crippen molar-refractivity contribution in [3.05, 3.63) is 53.2 Å². The van der Waals surface area contributed by atoms with Crippen LogP contribution in [0.3, 0.4) is 0 Å². The van der Waals surface area contributed by atoms with E-state index >= 15 is 0 Å². The number of pyridine rings is 1. The number of benzene rings is 1. The standard InChI is InChI=1S/C16H20N2O/c1-11(2)15-7-6-14(9-12(15)3)19-16-13(10-17)5-4-8-18-16/h4-9,11H,10,17H2,1-3H3. The van der Waals surface area contributed by atoms with E-state index in [4.69, 9.17) is 10.5 Å². The first kappa shape index (κ1) is 13.6. The van der Waals surface area contributed by atoms with E-state index in [-0.39, 0.29) is 0 Å². The van der Waals surface area contributed by atoms with Gasteiger partial charge in [0.1, 0.15) is 5.75 Å². The molecule has 0 aliphatic heterocycles. The summed E-state index contributed by atoms with van der Waals surface area (Å²) in [4.78, 5) is 4.23. The van der Waals surface area contributed by atoms with Crippen molar-refractivity contribution in [3.63, 3.8) is 0 Å². The van der Waals surface area contributed by atoms with E-state index in [1.165, 1.54) is 11.1 Å². The van der Waals surface area contributed by atoms with Gasteiger partial charge < -0.3 is 10.5 Å². The van der Waals surface area contributed by atoms with Crippen LogP contribution in [-0.4, -0.2) is 4.98 Å². The highest BCUT2D eigenvalue weighted by atomic mass is 16.5. The second-order valence-electron chi connectivity index (χ2n) is 4.95. The first-order valence-corrected chi connectivity index (χ1v) is 6.54. The van der Waals surface area contributed by atoms with Crippen molar-refractivity contribution in [1.29, 1.82) is 0 Å². The monoisotopic (exact) mass is 256 g/mol. The molecule has 0 aliphatic rings. The van der Waals surface area contributed by atoms with Gasteiger partial charge in [-0.25, -0.2) is 4.98 Å². The van der Waals surface area contributed by atoms with Gasteiger partial charge in [0.25, 0.3) is 0 Å². The Hall–Kier alpha value is -1.87. The fraction of sp³-hybridized carbons (Fsp3) is 0.312. The highest BCUT2D eigenvalue weighted by Crippen LogP contribution is 2.27. The molecular formula is C16H20N2O. The lowest BCUT2D eigenvalue weighted by Gasteiger charge is -2.13. The molecule has 0 unspecified atom stereocenters. The molecule has 0 fully saturated rings. The Morgan fingerprint density at radius 3 is 2.68 bits per heavy atom. The number of hydrogen-bond acceptors (Lipinski definition) is 3. The highest BCUT2D eigenvalue weighted by Gasteiger charge is 2.08. The molecule has 0 bridgehead atoms. The molecule has 1 aromatic carbocycles. The summed E-state index contributed by atoms with van der Waals surface area (Å²) in [6, 6.07) is 9.93. The maximum absolute atomic E-state index is 5.82. The normalized spacial score (nSPS) is 10.8. The van der Waals surface area contributed by atoms with Crippen LogP contribution in [0.2, 0.25) is 0 Å². The van der Waals surface area contributed by atoms with Crippen molar-refractivity contribution in [2.24, 2.45) is 5.73 Å². The van der Waals surface area contributed by atoms with Gasteiger partial charge in [-0.2, -0.15) is 0 Å². The number of aryl methyl sites for hydroxylation is 1. The Balaban J connectivity index is 2.26. The van der Waals surface area contributed by atoms with E-state index in [1.54, 1.807) is 6.20 Å². The molecule has 2 rings (SSSR count). The van der Waals surface area contributed by atoms with Crippen molar-refractivity contribution in [3.8, 4) is 11.6 Å². The molecule has 0 aliphatic carbocycles. The zero-order chi connectivity index (χ0) is 13.8. The minimum absolute atomic E-state index is 0.423. The molecule has 100 valence electrons. The fourth-order valence-electron chi connectivity index (χ4n) is 2.14. The molecule has 2 aromatic rings. The van der Waals surface area contributed by atoms with E-state index in [9.17, 15) is 0 Å². The van der Waals surface area contributed by atoms with Gasteiger partial charge in [-0.1, -0.05) is 26.0 Å². The lowest BCUT2D eigenvalue weighted by atomic mass is 9.98. The van der Waals surface area contributed by atoms with Gasteiger partial charge in [-0.05, 0) is 42.2 Å². The predicted molar refractivity (Wildman–Crippen MR) is 77.5 cm³/mol. The van der Waals surface area contributed by atoms with Crippen LogP contribution in [0.25, 0.3) is 0 Å². The molecule has 3 heteroatoms. The Kier molecular flexibility index (Phi) is 4.17. The van der Waals surface area contributed by atoms with Gasteiger partial charge in [-0.15, -0.1) is 0 Å². The van der Waals surface area contributed by atoms with Gasteiger partial charge in [0.05, 0.1) is 0 Å². The molecule has 19 heavy (non-hydrogen) atoms. The Bertz CT molecular complexity index is 564. The summed E-state index contributed by atoms with van der Waals surface area (Å²) in [6.45, 7) is 6.90. The molecule has 1 aromatic heterocycles. The number of hydrogen-bond donors (Lipinski definition) is 1. The van der Waals surface area contributed by atoms with Gasteiger partial charge in [0, 0.05) is 18.3 Å². The van der Waals surface area contributed by atoms with E-state index in [2.05, 4.69) is 31.8 Å². The molecule has 0 spiro atoms. The van der Waals surface area contributed by atoms with Gasteiger partial charge in [0.2, 0.25) is 5.88 Å². The quantitative estimate of drug-likeness (QED) is 0.906. The van der Waals surface area contributed by atoms with Crippen LogP contribution in [0.15, 0.2) is 36.5 Å². The van der Waals surface area contributed by atoms with Crippen molar-refractivity contribution in [2.45, 2.75) is 33.2 Å². The summed E-state index contributed by atoms with van der Waals surface area (Å²) in [5.74, 6) is 1.90. The average Bonchev–Trinajstić information content (AvgIpc) is 2.39. The van der Waals surface area contributed by atoms with Crippen molar-refractivity contribution < 1.29 is 4.74 Å². The van der Waals surface area contributed by atoms with E-state index in [0.29, 0.717) is 18.3 Å². The third-order valence-corrected chi connectivity index (χ3v) is 3.15. The summed E-state index contributed by atoms with van der Waals surface area (Å²) < 4.78 is 5.82. The first-order valence-electron chi connectivity index (χ1n) is 6.54. The second kappa shape index (κ2) is 5.85. The molecule has 0 atom stereocenters. The van der Waals surface area contributed by atoms with Gasteiger partial charge >= 0.3 is 0 Å². The van der Waals surface area contributed by atoms with Crippen LogP contribution in [-0.2, 0) is 6.54 Å². The molecule has 0 radical (unpaired) electrons. The Morgan fingerprint density at radius 1 is 1.26 bits per heavy atom. The zero-order valence-electron chi connectivity index (χ0n) is 11.7. The van der Waals surface area contributed by atoms with E-state index in [1.807, 2.05) is 24.3 Å². The largest absolute Gasteiger partial charge is 0.439 e. The maximum atomic E-state index is 5.82. The maximum Gasteiger partial charge on any atom is 0.223 e. The predicted octanol–water partition coefficient (Wildman–Crippen LogP) is 3.76. The van der Waals surface area contributed by atoms with Crippen molar-refractivity contribution in [1.82, 2.24) is 4.98 Å². The topological polar surface area (TPSA) is 48.1 Å². The highest BCUT2D eigenvalue weighted by molar-refractivity contribution is 5.39. The number of nitrogens with two attached hydrogens (primary N) is 1. The zero-order valence-corrected chi connectivity index (χ0v) is 11.7. The number of nitrogens with zero attached hydrogens (tertiary/aromatic N) is 1. The molecule has 0 amide bonds. The van der Waals surface area contributed by atoms with E-state index < -0.39 is 0 Å². The van der Waals surface area contributed by atoms with E-state index in [0.717, 1.165) is 11.3 Å². The molecule has 1 heterocycles. The van der Waals surface area contributed by atoms with Crippen LogP contribution in [0, 0.1) is 6.92 Å². The van der Waals surface area contributed by atoms with Gasteiger partial charge in [0.15, 0.2) is 0 Å². The minimum Gasteiger partial charge on any atom is -0.439 e. The number of ether oxygens (including phenoxy) is 1. The lowest BCUT2D eigenvalue weighted by molar-refractivity contribution is 0.455. The Labute approximate surface area is 114 Å². The summed E-state index contributed by atoms with van der Waals surface area (Å²) in [6.07, 6.45) is 1.71. The third kappa shape index (κ3) is 3.12. The van der Waals surface area contributed by atoms with Crippen LogP contribution in [0.4, 0.5) is 0 Å². The lowest BCUT2D eigenvalue weighted by Crippen LogP contribution is -2.01. The van der Waals surface area contributed by atoms with Crippen LogP contribution < -0.4 is 10.5 Å². The Morgan fingerprint density at radius 2 is 2.05 bits per heavy atom. The first-order chi connectivity index (χ1) is 9.11. The average molecular weight is 256 g/mol. The van der Waals surface area contributed by atoms with Crippen molar-refractivity contribution >= 4 is 0 Å². The smallest absolute Gasteiger partial charge is 0.223 e. The molecule has 2 N–H and O–H groups in total. The molecule has 0 saturated carbocycles. The second-order valence-corrected chi connectivity index (χ2v) is 4.95. The fourth-order valence-corrected chi connectivity index (χ4v) is 2.14. The summed E-state index contributed by atoms with van der Waals surface area (Å²) in [7, 11) is 0. The SMILES string of the molecule is Cc1cc(Oc2ncccc2CN)ccc1C(C)C. The number of rotatable bonds is 4. The molecular weight excluding hydrogens is 236 g/mol. The van der Waals surface area contributed by atoms with Crippen LogP contribution >= 0.6 is 0 Å². The molecule has 0 saturated heterocycles. The third-order valence-electron chi connectivity index (χ3n) is 3.15. The molecule has 3 nitrogen and oxygen atoms in total.